The number of esters is 1. The lowest BCUT2D eigenvalue weighted by molar-refractivity contribution is -0.146. The van der Waals surface area contributed by atoms with Crippen LogP contribution in [0.1, 0.15) is 84.0 Å². The number of nitrogens with zero attached hydrogens (tertiary/aromatic N) is 4. The van der Waals surface area contributed by atoms with Crippen molar-refractivity contribution in [3.05, 3.63) is 47.5 Å². The molecule has 1 aliphatic rings. The van der Waals surface area contributed by atoms with Gasteiger partial charge in [0.15, 0.2) is 11.5 Å². The monoisotopic (exact) mass is 699 g/mol. The Balaban J connectivity index is 1.12. The first-order valence-electron chi connectivity index (χ1n) is 17.7. The number of ether oxygens (including phenoxy) is 3. The number of piperazine rings is 1. The molecule has 1 amide bonds. The largest absolute Gasteiger partial charge is 0.493 e. The maximum atomic E-state index is 13.6. The average molecular weight is 700 g/mol. The first-order chi connectivity index (χ1) is 23.9. The summed E-state index contributed by atoms with van der Waals surface area (Å²) in [6, 6.07) is 8.00. The van der Waals surface area contributed by atoms with Crippen LogP contribution in [0.25, 0.3) is 10.9 Å². The number of unbranched alkanes of at least 4 members (excludes halogenated alkanes) is 8. The van der Waals surface area contributed by atoms with Crippen LogP contribution in [0.15, 0.2) is 36.7 Å². The van der Waals surface area contributed by atoms with Crippen LogP contribution in [0, 0.1) is 5.82 Å². The quantitative estimate of drug-likeness (QED) is 0.0876. The minimum atomic E-state index is -0.496. The smallest absolute Gasteiger partial charge is 0.306 e. The van der Waals surface area contributed by atoms with Crippen molar-refractivity contribution in [2.45, 2.75) is 84.0 Å². The van der Waals surface area contributed by atoms with Gasteiger partial charge in [-0.25, -0.2) is 14.4 Å². The Bertz CT molecular complexity index is 1490. The lowest BCUT2D eigenvalue weighted by Gasteiger charge is -2.34. The molecule has 2 heterocycles. The number of nitrogens with one attached hydrogen (secondary N) is 1. The Kier molecular flexibility index (Phi) is 16.1. The lowest BCUT2D eigenvalue weighted by atomic mass is 10.1. The van der Waals surface area contributed by atoms with E-state index >= 15 is 0 Å². The zero-order valence-electron chi connectivity index (χ0n) is 29.0. The zero-order chi connectivity index (χ0) is 34.8. The Hall–Kier alpha value is -3.70. The van der Waals surface area contributed by atoms with Crippen LogP contribution in [0.3, 0.4) is 0 Å². The molecule has 0 saturated carbocycles. The van der Waals surface area contributed by atoms with Gasteiger partial charge in [0.05, 0.1) is 37.3 Å². The van der Waals surface area contributed by atoms with E-state index in [1.807, 2.05) is 11.0 Å². The molecule has 1 saturated heterocycles. The predicted octanol–water partition coefficient (Wildman–Crippen LogP) is 7.94. The van der Waals surface area contributed by atoms with Crippen LogP contribution in [-0.4, -0.2) is 84.7 Å². The summed E-state index contributed by atoms with van der Waals surface area (Å²) < 4.78 is 30.7. The summed E-state index contributed by atoms with van der Waals surface area (Å²) in [6.07, 6.45) is 13.5. The van der Waals surface area contributed by atoms with Crippen LogP contribution in [-0.2, 0) is 14.3 Å². The predicted molar refractivity (Wildman–Crippen MR) is 191 cm³/mol. The van der Waals surface area contributed by atoms with E-state index in [0.717, 1.165) is 38.9 Å². The number of carbonyl (C=O) groups excluding carboxylic acids is 2. The summed E-state index contributed by atoms with van der Waals surface area (Å²) in [5.41, 5.74) is 1.25. The molecule has 0 bridgehead atoms. The van der Waals surface area contributed by atoms with Crippen LogP contribution in [0.2, 0.25) is 5.02 Å². The highest BCUT2D eigenvalue weighted by Gasteiger charge is 2.22. The van der Waals surface area contributed by atoms with Crippen LogP contribution in [0.4, 0.5) is 15.9 Å². The van der Waals surface area contributed by atoms with Crippen molar-refractivity contribution in [1.29, 1.82) is 0 Å². The number of fused-ring (bicyclic) bond motifs is 1. The van der Waals surface area contributed by atoms with Gasteiger partial charge in [-0.15, -0.1) is 0 Å². The fourth-order valence-corrected chi connectivity index (χ4v) is 6.06. The first kappa shape index (κ1) is 38.1. The third-order valence-electron chi connectivity index (χ3n) is 8.76. The van der Waals surface area contributed by atoms with Crippen LogP contribution in [0.5, 0.6) is 11.5 Å². The van der Waals surface area contributed by atoms with Crippen molar-refractivity contribution in [3.63, 3.8) is 0 Å². The lowest BCUT2D eigenvalue weighted by Crippen LogP contribution is -2.49. The summed E-state index contributed by atoms with van der Waals surface area (Å²) in [6.45, 7) is 6.79. The normalized spacial score (nSPS) is 13.4. The number of halogens is 2. The second kappa shape index (κ2) is 20.7. The second-order valence-electron chi connectivity index (χ2n) is 12.5. The van der Waals surface area contributed by atoms with Crippen molar-refractivity contribution in [3.8, 4) is 11.5 Å². The highest BCUT2D eigenvalue weighted by atomic mass is 35.5. The highest BCUT2D eigenvalue weighted by Crippen LogP contribution is 2.35. The SMILES string of the molecule is CCCCCCCCCCCOC(=O)CCC(=O)N1CCN(CCCOc2cc3c(Nc4ccc(F)c(Cl)c4)ncnc3cc2OC)CC1. The molecule has 12 heteroatoms. The van der Waals surface area contributed by atoms with Crippen molar-refractivity contribution < 1.29 is 28.2 Å². The summed E-state index contributed by atoms with van der Waals surface area (Å²) in [4.78, 5) is 37.7. The van der Waals surface area contributed by atoms with E-state index in [2.05, 4.69) is 27.1 Å². The van der Waals surface area contributed by atoms with E-state index in [0.29, 0.717) is 60.2 Å². The molecular formula is C37H51ClFN5O5. The zero-order valence-corrected chi connectivity index (χ0v) is 29.7. The fraction of sp³-hybridized carbons (Fsp3) is 0.568. The summed E-state index contributed by atoms with van der Waals surface area (Å²) in [5.74, 6) is 0.871. The van der Waals surface area contributed by atoms with Gasteiger partial charge in [0.1, 0.15) is 18.0 Å². The topological polar surface area (TPSA) is 106 Å². The van der Waals surface area contributed by atoms with E-state index in [-0.39, 0.29) is 29.7 Å². The molecule has 0 spiro atoms. The molecule has 10 nitrogen and oxygen atoms in total. The molecule has 49 heavy (non-hydrogen) atoms. The molecular weight excluding hydrogens is 649 g/mol. The Morgan fingerprint density at radius 1 is 0.878 bits per heavy atom. The molecule has 4 rings (SSSR count). The molecule has 0 atom stereocenters. The van der Waals surface area contributed by atoms with E-state index in [9.17, 15) is 14.0 Å². The molecule has 0 unspecified atom stereocenters. The fourth-order valence-electron chi connectivity index (χ4n) is 5.88. The minimum absolute atomic E-state index is 0.00627. The maximum Gasteiger partial charge on any atom is 0.306 e. The Morgan fingerprint density at radius 2 is 1.61 bits per heavy atom. The van der Waals surface area contributed by atoms with Gasteiger partial charge in [-0.2, -0.15) is 0 Å². The molecule has 268 valence electrons. The molecule has 0 aliphatic carbocycles. The molecule has 3 aromatic rings. The third kappa shape index (κ3) is 12.6. The summed E-state index contributed by atoms with van der Waals surface area (Å²) in [5, 5.41) is 3.91. The van der Waals surface area contributed by atoms with E-state index in [1.165, 1.54) is 63.4 Å². The van der Waals surface area contributed by atoms with Gasteiger partial charge in [0, 0.05) is 56.3 Å². The standard InChI is InChI=1S/C37H51ClFN5O5/c1-3-4-5-6-7-8-9-10-11-22-49-36(46)16-15-35(45)44-20-18-43(19-21-44)17-12-23-48-34-25-29-32(26-33(34)47-2)40-27-41-37(29)42-28-13-14-31(39)30(38)24-28/h13-14,24-27H,3-12,15-23H2,1-2H3,(H,40,41,42). The van der Waals surface area contributed by atoms with Gasteiger partial charge in [-0.05, 0) is 37.1 Å². The van der Waals surface area contributed by atoms with Crippen molar-refractivity contribution in [1.82, 2.24) is 19.8 Å². The van der Waals surface area contributed by atoms with Crippen LogP contribution >= 0.6 is 11.6 Å². The average Bonchev–Trinajstić information content (AvgIpc) is 3.11. The molecule has 2 aromatic carbocycles. The van der Waals surface area contributed by atoms with Gasteiger partial charge in [0.2, 0.25) is 5.91 Å². The van der Waals surface area contributed by atoms with E-state index < -0.39 is 5.82 Å². The molecule has 1 fully saturated rings. The molecule has 1 aliphatic heterocycles. The number of hydrogen-bond acceptors (Lipinski definition) is 9. The molecule has 0 radical (unpaired) electrons. The third-order valence-corrected chi connectivity index (χ3v) is 9.05. The number of benzene rings is 2. The molecule has 1 aromatic heterocycles. The van der Waals surface area contributed by atoms with Crippen molar-refractivity contribution in [2.24, 2.45) is 0 Å². The van der Waals surface area contributed by atoms with Gasteiger partial charge < -0.3 is 24.4 Å². The summed E-state index contributed by atoms with van der Waals surface area (Å²) >= 11 is 5.95. The highest BCUT2D eigenvalue weighted by molar-refractivity contribution is 6.31. The number of hydrogen-bond donors (Lipinski definition) is 1. The number of carbonyl (C=O) groups is 2. The number of rotatable bonds is 21. The van der Waals surface area contributed by atoms with Crippen LogP contribution < -0.4 is 14.8 Å². The van der Waals surface area contributed by atoms with Gasteiger partial charge in [-0.3, -0.25) is 14.5 Å². The molecule has 1 N–H and O–H groups in total. The number of methoxy groups -OCH3 is 1. The Morgan fingerprint density at radius 3 is 2.33 bits per heavy atom. The van der Waals surface area contributed by atoms with Crippen molar-refractivity contribution >= 4 is 45.9 Å². The van der Waals surface area contributed by atoms with E-state index in [4.69, 9.17) is 25.8 Å². The van der Waals surface area contributed by atoms with Gasteiger partial charge >= 0.3 is 5.97 Å². The summed E-state index contributed by atoms with van der Waals surface area (Å²) in [7, 11) is 1.58. The number of amides is 1. The maximum absolute atomic E-state index is 13.6. The number of aromatic nitrogens is 2. The first-order valence-corrected chi connectivity index (χ1v) is 18.1. The second-order valence-corrected chi connectivity index (χ2v) is 12.9. The van der Waals surface area contributed by atoms with E-state index in [1.54, 1.807) is 19.2 Å². The van der Waals surface area contributed by atoms with Crippen molar-refractivity contribution in [2.75, 3.05) is 58.4 Å². The Labute approximate surface area is 294 Å². The van der Waals surface area contributed by atoms with Gasteiger partial charge in [0.25, 0.3) is 0 Å². The minimum Gasteiger partial charge on any atom is -0.493 e. The van der Waals surface area contributed by atoms with Gasteiger partial charge in [-0.1, -0.05) is 69.9 Å². The number of anilines is 2.